The molecule has 0 aromatic heterocycles. The molecular weight excluding hydrogens is 258 g/mol. The fourth-order valence-electron chi connectivity index (χ4n) is 2.86. The van der Waals surface area contributed by atoms with Gasteiger partial charge in [0.25, 0.3) is 0 Å². The van der Waals surface area contributed by atoms with Gasteiger partial charge in [0.1, 0.15) is 12.0 Å². The number of carbonyl (C=O) groups excluding carboxylic acids is 2. The average Bonchev–Trinajstić information content (AvgIpc) is 2.92. The number of amides is 1. The minimum absolute atomic E-state index is 0.159. The van der Waals surface area contributed by atoms with Crippen LogP contribution in [0.15, 0.2) is 48.4 Å². The van der Waals surface area contributed by atoms with Crippen molar-refractivity contribution in [2.45, 2.75) is 5.41 Å². The van der Waals surface area contributed by atoms with E-state index in [1.807, 2.05) is 18.2 Å². The van der Waals surface area contributed by atoms with Crippen LogP contribution in [-0.2, 0) is 24.5 Å². The molecule has 0 saturated carbocycles. The predicted molar refractivity (Wildman–Crippen MR) is 71.9 cm³/mol. The Balaban J connectivity index is 2.30. The first-order valence-corrected chi connectivity index (χ1v) is 6.07. The summed E-state index contributed by atoms with van der Waals surface area (Å²) in [5.41, 5.74) is 0.288. The number of hydrogen-bond acceptors (Lipinski definition) is 4. The smallest absolute Gasteiger partial charge is 0.338 e. The van der Waals surface area contributed by atoms with Crippen LogP contribution in [0.3, 0.4) is 0 Å². The van der Waals surface area contributed by atoms with Gasteiger partial charge in [-0.2, -0.15) is 0 Å². The molecule has 0 aliphatic carbocycles. The van der Waals surface area contributed by atoms with E-state index in [4.69, 9.17) is 9.47 Å². The molecule has 5 heteroatoms. The lowest BCUT2D eigenvalue weighted by Gasteiger charge is -2.24. The van der Waals surface area contributed by atoms with Crippen LogP contribution in [0.25, 0.3) is 0 Å². The second-order valence-electron chi connectivity index (χ2n) is 4.70. The summed E-state index contributed by atoms with van der Waals surface area (Å²) in [6, 6.07) is 7.27. The molecule has 5 nitrogen and oxygen atoms in total. The third-order valence-electron chi connectivity index (χ3n) is 3.84. The monoisotopic (exact) mass is 271 g/mol. The zero-order valence-electron chi connectivity index (χ0n) is 11.2. The van der Waals surface area contributed by atoms with Crippen molar-refractivity contribution >= 4 is 17.6 Å². The largest absolute Gasteiger partial charge is 0.467 e. The molecule has 1 spiro atoms. The standard InChI is InChI=1S/C15H13NO4/c1-9-15(11(8-20-9)13(17)19-3)10-6-4-5-7-12(10)16(2)14(15)18/h4-8H,1H2,2-3H3/t15-/m0/s1. The number of para-hydroxylation sites is 1. The van der Waals surface area contributed by atoms with Crippen LogP contribution in [0, 0.1) is 0 Å². The van der Waals surface area contributed by atoms with E-state index < -0.39 is 11.4 Å². The normalized spacial score (nSPS) is 23.7. The Morgan fingerprint density at radius 2 is 2.10 bits per heavy atom. The van der Waals surface area contributed by atoms with Gasteiger partial charge in [0, 0.05) is 18.3 Å². The number of fused-ring (bicyclic) bond motifs is 2. The number of nitrogens with zero attached hydrogens (tertiary/aromatic N) is 1. The maximum absolute atomic E-state index is 12.8. The average molecular weight is 271 g/mol. The lowest BCUT2D eigenvalue weighted by atomic mass is 9.75. The van der Waals surface area contributed by atoms with E-state index in [0.29, 0.717) is 5.56 Å². The molecule has 0 unspecified atom stereocenters. The molecule has 1 amide bonds. The molecule has 0 fully saturated rings. The van der Waals surface area contributed by atoms with Crippen molar-refractivity contribution in [1.29, 1.82) is 0 Å². The zero-order valence-corrected chi connectivity index (χ0v) is 11.2. The van der Waals surface area contributed by atoms with Crippen molar-refractivity contribution < 1.29 is 19.1 Å². The molecule has 1 aromatic carbocycles. The maximum Gasteiger partial charge on any atom is 0.338 e. The first-order chi connectivity index (χ1) is 9.55. The van der Waals surface area contributed by atoms with E-state index in [-0.39, 0.29) is 17.2 Å². The van der Waals surface area contributed by atoms with Crippen molar-refractivity contribution in [3.8, 4) is 0 Å². The van der Waals surface area contributed by atoms with Crippen molar-refractivity contribution in [1.82, 2.24) is 0 Å². The molecule has 0 radical (unpaired) electrons. The van der Waals surface area contributed by atoms with Crippen molar-refractivity contribution in [2.24, 2.45) is 0 Å². The van der Waals surface area contributed by atoms with Crippen LogP contribution in [0.5, 0.6) is 0 Å². The molecule has 1 aromatic rings. The Hall–Kier alpha value is -2.56. The molecule has 102 valence electrons. The Labute approximate surface area is 116 Å². The summed E-state index contributed by atoms with van der Waals surface area (Å²) in [6.45, 7) is 3.81. The number of carbonyl (C=O) groups is 2. The Kier molecular flexibility index (Phi) is 2.47. The third-order valence-corrected chi connectivity index (χ3v) is 3.84. The first-order valence-electron chi connectivity index (χ1n) is 6.07. The highest BCUT2D eigenvalue weighted by Gasteiger charge is 2.60. The number of likely N-dealkylation sites (N-methyl/N-ethyl adjacent to an activating group) is 1. The Morgan fingerprint density at radius 1 is 1.40 bits per heavy atom. The highest BCUT2D eigenvalue weighted by atomic mass is 16.5. The second kappa shape index (κ2) is 3.96. The molecule has 2 heterocycles. The number of ether oxygens (including phenoxy) is 2. The Morgan fingerprint density at radius 3 is 2.80 bits per heavy atom. The van der Waals surface area contributed by atoms with Gasteiger partial charge < -0.3 is 14.4 Å². The lowest BCUT2D eigenvalue weighted by Crippen LogP contribution is -2.42. The van der Waals surface area contributed by atoms with E-state index in [0.717, 1.165) is 5.69 Å². The maximum atomic E-state index is 12.8. The van der Waals surface area contributed by atoms with E-state index in [1.54, 1.807) is 13.1 Å². The van der Waals surface area contributed by atoms with Crippen LogP contribution >= 0.6 is 0 Å². The van der Waals surface area contributed by atoms with Gasteiger partial charge in [0.05, 0.1) is 12.7 Å². The van der Waals surface area contributed by atoms with Crippen LogP contribution in [0.2, 0.25) is 0 Å². The number of anilines is 1. The number of benzene rings is 1. The highest BCUT2D eigenvalue weighted by molar-refractivity contribution is 6.17. The van der Waals surface area contributed by atoms with Gasteiger partial charge >= 0.3 is 5.97 Å². The Bertz CT molecular complexity index is 676. The van der Waals surface area contributed by atoms with Gasteiger partial charge in [-0.1, -0.05) is 24.8 Å². The fraction of sp³-hybridized carbons (Fsp3) is 0.200. The molecule has 0 bridgehead atoms. The van der Waals surface area contributed by atoms with Crippen molar-refractivity contribution in [3.63, 3.8) is 0 Å². The molecule has 20 heavy (non-hydrogen) atoms. The fourth-order valence-corrected chi connectivity index (χ4v) is 2.86. The molecule has 2 aliphatic rings. The summed E-state index contributed by atoms with van der Waals surface area (Å²) in [5.74, 6) is -0.639. The molecule has 1 atom stereocenters. The van der Waals surface area contributed by atoms with Crippen molar-refractivity contribution in [2.75, 3.05) is 19.1 Å². The minimum Gasteiger partial charge on any atom is -0.467 e. The van der Waals surface area contributed by atoms with Gasteiger partial charge in [-0.15, -0.1) is 0 Å². The summed E-state index contributed by atoms with van der Waals surface area (Å²) in [7, 11) is 2.93. The number of esters is 1. The summed E-state index contributed by atoms with van der Waals surface area (Å²) in [6.07, 6.45) is 1.25. The van der Waals surface area contributed by atoms with Crippen LogP contribution in [-0.4, -0.2) is 26.0 Å². The van der Waals surface area contributed by atoms with E-state index >= 15 is 0 Å². The predicted octanol–water partition coefficient (Wildman–Crippen LogP) is 1.50. The third kappa shape index (κ3) is 1.22. The van der Waals surface area contributed by atoms with Gasteiger partial charge in [0.15, 0.2) is 5.41 Å². The molecule has 2 aliphatic heterocycles. The van der Waals surface area contributed by atoms with Gasteiger partial charge in [-0.25, -0.2) is 4.79 Å². The van der Waals surface area contributed by atoms with Gasteiger partial charge in [-0.3, -0.25) is 4.79 Å². The summed E-state index contributed by atoms with van der Waals surface area (Å²) >= 11 is 0. The molecule has 0 N–H and O–H groups in total. The lowest BCUT2D eigenvalue weighted by molar-refractivity contribution is -0.138. The number of rotatable bonds is 1. The highest BCUT2D eigenvalue weighted by Crippen LogP contribution is 2.53. The summed E-state index contributed by atoms with van der Waals surface area (Å²) in [5, 5.41) is 0. The second-order valence-corrected chi connectivity index (χ2v) is 4.70. The first kappa shape index (κ1) is 12.5. The summed E-state index contributed by atoms with van der Waals surface area (Å²) in [4.78, 5) is 26.3. The van der Waals surface area contributed by atoms with E-state index in [9.17, 15) is 9.59 Å². The van der Waals surface area contributed by atoms with Gasteiger partial charge in [-0.05, 0) is 6.07 Å². The minimum atomic E-state index is -1.29. The number of methoxy groups -OCH3 is 1. The quantitative estimate of drug-likeness (QED) is 0.726. The van der Waals surface area contributed by atoms with Crippen LogP contribution < -0.4 is 4.90 Å². The number of hydrogen-bond donors (Lipinski definition) is 0. The van der Waals surface area contributed by atoms with Crippen molar-refractivity contribution in [3.05, 3.63) is 54.0 Å². The van der Waals surface area contributed by atoms with Crippen LogP contribution in [0.1, 0.15) is 5.56 Å². The zero-order chi connectivity index (χ0) is 14.5. The van der Waals surface area contributed by atoms with E-state index in [2.05, 4.69) is 6.58 Å². The van der Waals surface area contributed by atoms with E-state index in [1.165, 1.54) is 18.3 Å². The molecule has 3 rings (SSSR count). The van der Waals surface area contributed by atoms with Crippen LogP contribution in [0.4, 0.5) is 5.69 Å². The SMILES string of the molecule is C=C1OC=C(C(=O)OC)[C@]12C(=O)N(C)c1ccccc12. The molecule has 0 saturated heterocycles. The summed E-state index contributed by atoms with van der Waals surface area (Å²) < 4.78 is 10.1. The van der Waals surface area contributed by atoms with Gasteiger partial charge in [0.2, 0.25) is 5.91 Å². The molecular formula is C15H13NO4. The topological polar surface area (TPSA) is 55.8 Å².